The van der Waals surface area contributed by atoms with Gasteiger partial charge in [-0.15, -0.1) is 0 Å². The lowest BCUT2D eigenvalue weighted by atomic mass is 10.1. The van der Waals surface area contributed by atoms with Crippen LogP contribution in [-0.4, -0.2) is 12.6 Å². The van der Waals surface area contributed by atoms with Gasteiger partial charge < -0.3 is 9.15 Å². The summed E-state index contributed by atoms with van der Waals surface area (Å²) in [5.74, 6) is 0.120. The lowest BCUT2D eigenvalue weighted by molar-refractivity contribution is -0.138. The van der Waals surface area contributed by atoms with E-state index in [4.69, 9.17) is 9.15 Å². The zero-order chi connectivity index (χ0) is 16.2. The van der Waals surface area contributed by atoms with Crippen LogP contribution in [0.1, 0.15) is 18.2 Å². The Hall–Kier alpha value is -2.50. The lowest BCUT2D eigenvalue weighted by Gasteiger charge is -2.07. The fourth-order valence-corrected chi connectivity index (χ4v) is 1.79. The van der Waals surface area contributed by atoms with Gasteiger partial charge in [0, 0.05) is 11.6 Å². The molecule has 1 aromatic heterocycles. The van der Waals surface area contributed by atoms with Crippen molar-refractivity contribution in [3.8, 4) is 11.3 Å². The minimum atomic E-state index is -4.41. The van der Waals surface area contributed by atoms with Crippen molar-refractivity contribution in [2.45, 2.75) is 13.1 Å². The summed E-state index contributed by atoms with van der Waals surface area (Å²) in [5.41, 5.74) is -0.435. The molecule has 2 aromatic rings. The third-order valence-corrected chi connectivity index (χ3v) is 2.77. The van der Waals surface area contributed by atoms with Crippen molar-refractivity contribution in [2.75, 3.05) is 6.61 Å². The Morgan fingerprint density at radius 1 is 1.27 bits per heavy atom. The summed E-state index contributed by atoms with van der Waals surface area (Å²) in [6.45, 7) is 1.95. The number of carbonyl (C=O) groups excluding carboxylic acids is 1. The number of carbonyl (C=O) groups is 1. The maximum atomic E-state index is 12.7. The first kappa shape index (κ1) is 15.9. The molecule has 0 aliphatic rings. The molecule has 0 saturated heterocycles. The van der Waals surface area contributed by atoms with E-state index >= 15 is 0 Å². The number of hydrogen-bond acceptors (Lipinski definition) is 3. The maximum Gasteiger partial charge on any atom is 0.416 e. The van der Waals surface area contributed by atoms with E-state index in [-0.39, 0.29) is 12.4 Å². The summed E-state index contributed by atoms with van der Waals surface area (Å²) in [5, 5.41) is 0. The maximum absolute atomic E-state index is 12.7. The van der Waals surface area contributed by atoms with Gasteiger partial charge in [0.05, 0.1) is 12.2 Å². The molecule has 1 aromatic carbocycles. The first-order valence-corrected chi connectivity index (χ1v) is 6.52. The summed E-state index contributed by atoms with van der Waals surface area (Å²) >= 11 is 0. The second-order valence-electron chi connectivity index (χ2n) is 4.37. The SMILES string of the molecule is CCOC(=O)C=Cc1ccc(-c2cccc(C(F)(F)F)c2)o1. The summed E-state index contributed by atoms with van der Waals surface area (Å²) < 4.78 is 48.2. The predicted octanol–water partition coefficient (Wildman–Crippen LogP) is 4.54. The molecule has 3 nitrogen and oxygen atoms in total. The Kier molecular flexibility index (Phi) is 4.70. The molecule has 0 atom stereocenters. The van der Waals surface area contributed by atoms with E-state index in [1.807, 2.05) is 0 Å². The predicted molar refractivity (Wildman–Crippen MR) is 74.8 cm³/mol. The van der Waals surface area contributed by atoms with E-state index in [0.717, 1.165) is 12.1 Å². The Morgan fingerprint density at radius 3 is 2.73 bits per heavy atom. The molecule has 6 heteroatoms. The minimum Gasteiger partial charge on any atom is -0.463 e. The zero-order valence-corrected chi connectivity index (χ0v) is 11.7. The molecule has 0 spiro atoms. The van der Waals surface area contributed by atoms with E-state index in [1.54, 1.807) is 19.1 Å². The van der Waals surface area contributed by atoms with Gasteiger partial charge in [0.2, 0.25) is 0 Å². The molecule has 0 N–H and O–H groups in total. The van der Waals surface area contributed by atoms with Gasteiger partial charge in [0.1, 0.15) is 11.5 Å². The van der Waals surface area contributed by atoms with E-state index in [1.165, 1.54) is 24.3 Å². The lowest BCUT2D eigenvalue weighted by Crippen LogP contribution is -2.04. The molecule has 0 aliphatic carbocycles. The molecule has 0 radical (unpaired) electrons. The number of hydrogen-bond donors (Lipinski definition) is 0. The van der Waals surface area contributed by atoms with Gasteiger partial charge >= 0.3 is 12.1 Å². The average molecular weight is 310 g/mol. The first-order valence-electron chi connectivity index (χ1n) is 6.52. The summed E-state index contributed by atoms with van der Waals surface area (Å²) in [4.78, 5) is 11.2. The number of halogens is 3. The Bertz CT molecular complexity index is 684. The molecule has 0 saturated carbocycles. The molecule has 0 amide bonds. The van der Waals surface area contributed by atoms with Crippen LogP contribution in [0.2, 0.25) is 0 Å². The molecule has 0 aliphatic heterocycles. The molecule has 1 heterocycles. The molecule has 0 fully saturated rings. The second kappa shape index (κ2) is 6.51. The van der Waals surface area contributed by atoms with Crippen molar-refractivity contribution in [3.63, 3.8) is 0 Å². The third-order valence-electron chi connectivity index (χ3n) is 2.77. The minimum absolute atomic E-state index is 0.261. The monoisotopic (exact) mass is 310 g/mol. The fraction of sp³-hybridized carbons (Fsp3) is 0.188. The van der Waals surface area contributed by atoms with Gasteiger partial charge in [-0.3, -0.25) is 0 Å². The Morgan fingerprint density at radius 2 is 2.05 bits per heavy atom. The molecule has 2 rings (SSSR count). The van der Waals surface area contributed by atoms with Crippen molar-refractivity contribution in [3.05, 3.63) is 53.8 Å². The van der Waals surface area contributed by atoms with Gasteiger partial charge in [-0.1, -0.05) is 12.1 Å². The number of esters is 1. The third kappa shape index (κ3) is 4.00. The van der Waals surface area contributed by atoms with Crippen LogP contribution in [0, 0.1) is 0 Å². The highest BCUT2D eigenvalue weighted by Gasteiger charge is 2.30. The standard InChI is InChI=1S/C16H13F3O3/c1-2-21-15(20)9-7-13-6-8-14(22-13)11-4-3-5-12(10-11)16(17,18)19/h3-10H,2H2,1H3. The average Bonchev–Trinajstić information content (AvgIpc) is 2.94. The molecule has 0 unspecified atom stereocenters. The largest absolute Gasteiger partial charge is 0.463 e. The van der Waals surface area contributed by atoms with E-state index < -0.39 is 17.7 Å². The van der Waals surface area contributed by atoms with Crippen LogP contribution < -0.4 is 0 Å². The summed E-state index contributed by atoms with van der Waals surface area (Å²) in [6.07, 6.45) is -1.82. The summed E-state index contributed by atoms with van der Waals surface area (Å²) in [7, 11) is 0. The quantitative estimate of drug-likeness (QED) is 0.614. The van der Waals surface area contributed by atoms with Crippen molar-refractivity contribution in [1.82, 2.24) is 0 Å². The van der Waals surface area contributed by atoms with Crippen molar-refractivity contribution in [2.24, 2.45) is 0 Å². The molecule has 0 bridgehead atoms. The summed E-state index contributed by atoms with van der Waals surface area (Å²) in [6, 6.07) is 7.94. The van der Waals surface area contributed by atoms with Crippen LogP contribution in [0.4, 0.5) is 13.2 Å². The van der Waals surface area contributed by atoms with Crippen LogP contribution in [0.5, 0.6) is 0 Å². The zero-order valence-electron chi connectivity index (χ0n) is 11.7. The van der Waals surface area contributed by atoms with Gasteiger partial charge in [0.15, 0.2) is 0 Å². The molecular formula is C16H13F3O3. The molecular weight excluding hydrogens is 297 g/mol. The first-order chi connectivity index (χ1) is 10.4. The van der Waals surface area contributed by atoms with Crippen molar-refractivity contribution < 1.29 is 27.1 Å². The highest BCUT2D eigenvalue weighted by atomic mass is 19.4. The topological polar surface area (TPSA) is 39.4 Å². The van der Waals surface area contributed by atoms with E-state index in [2.05, 4.69) is 0 Å². The van der Waals surface area contributed by atoms with Gasteiger partial charge in [-0.25, -0.2) is 4.79 Å². The van der Waals surface area contributed by atoms with Crippen LogP contribution in [0.3, 0.4) is 0 Å². The number of benzene rings is 1. The van der Waals surface area contributed by atoms with Crippen LogP contribution in [0.15, 0.2) is 46.9 Å². The Labute approximate surface area is 125 Å². The van der Waals surface area contributed by atoms with E-state index in [0.29, 0.717) is 11.3 Å². The second-order valence-corrected chi connectivity index (χ2v) is 4.37. The highest BCUT2D eigenvalue weighted by molar-refractivity contribution is 5.86. The van der Waals surface area contributed by atoms with Crippen LogP contribution in [0.25, 0.3) is 17.4 Å². The number of alkyl halides is 3. The van der Waals surface area contributed by atoms with Crippen LogP contribution in [-0.2, 0) is 15.7 Å². The van der Waals surface area contributed by atoms with Crippen molar-refractivity contribution >= 4 is 12.0 Å². The Balaban J connectivity index is 2.20. The van der Waals surface area contributed by atoms with Crippen molar-refractivity contribution in [1.29, 1.82) is 0 Å². The van der Waals surface area contributed by atoms with E-state index in [9.17, 15) is 18.0 Å². The van der Waals surface area contributed by atoms with Crippen LogP contribution >= 0.6 is 0 Å². The fourth-order valence-electron chi connectivity index (χ4n) is 1.79. The molecule has 22 heavy (non-hydrogen) atoms. The normalized spacial score (nSPS) is 11.8. The smallest absolute Gasteiger partial charge is 0.416 e. The van der Waals surface area contributed by atoms with Gasteiger partial charge in [0.25, 0.3) is 0 Å². The van der Waals surface area contributed by atoms with Gasteiger partial charge in [-0.2, -0.15) is 13.2 Å². The molecule has 116 valence electrons. The number of rotatable bonds is 4. The van der Waals surface area contributed by atoms with Gasteiger partial charge in [-0.05, 0) is 37.3 Å². The number of furan rings is 1. The highest BCUT2D eigenvalue weighted by Crippen LogP contribution is 2.32. The number of ether oxygens (including phenoxy) is 1.